The summed E-state index contributed by atoms with van der Waals surface area (Å²) >= 11 is 0. The summed E-state index contributed by atoms with van der Waals surface area (Å²) in [6.45, 7) is 7.72. The Hall–Kier alpha value is -2.35. The summed E-state index contributed by atoms with van der Waals surface area (Å²) in [7, 11) is 0. The van der Waals surface area contributed by atoms with Crippen molar-refractivity contribution in [3.05, 3.63) is 73.0 Å². The van der Waals surface area contributed by atoms with E-state index < -0.39 is 0 Å². The van der Waals surface area contributed by atoms with E-state index in [1.54, 1.807) is 6.08 Å². The molecule has 0 bridgehead atoms. The van der Waals surface area contributed by atoms with Crippen molar-refractivity contribution >= 4 is 5.70 Å². The Morgan fingerprint density at radius 2 is 2.00 bits per heavy atom. The molecule has 1 aromatic heterocycles. The second-order valence-electron chi connectivity index (χ2n) is 4.26. The Balaban J connectivity index is 2.53. The molecule has 1 heterocycles. The fraction of sp³-hybridized carbons (Fsp3) is 0.118. The van der Waals surface area contributed by atoms with Gasteiger partial charge in [0.05, 0.1) is 17.1 Å². The lowest BCUT2D eigenvalue weighted by Gasteiger charge is -2.08. The zero-order valence-corrected chi connectivity index (χ0v) is 11.4. The van der Waals surface area contributed by atoms with Crippen LogP contribution in [0.5, 0.6) is 0 Å². The maximum Gasteiger partial charge on any atom is 0.0743 e. The predicted molar refractivity (Wildman–Crippen MR) is 81.7 cm³/mol. The highest BCUT2D eigenvalue weighted by Crippen LogP contribution is 2.23. The van der Waals surface area contributed by atoms with Crippen LogP contribution in [0.4, 0.5) is 0 Å². The molecule has 96 valence electrons. The Kier molecular flexibility index (Phi) is 4.14. The zero-order valence-electron chi connectivity index (χ0n) is 11.4. The minimum absolute atomic E-state index is 1.00. The molecule has 0 amide bonds. The number of aryl methyl sites for hydroxylation is 1. The van der Waals surface area contributed by atoms with Crippen LogP contribution in [0.1, 0.15) is 12.6 Å². The standard InChI is InChI=1S/C17H18N2/c1-4-6-12-16(5-2)19-17(13-14(3)18-19)15-10-8-7-9-11-15/h4-13H,1H2,2-3H3/b12-6-,16-5+. The fourth-order valence-corrected chi connectivity index (χ4v) is 1.97. The summed E-state index contributed by atoms with van der Waals surface area (Å²) in [6.07, 6.45) is 7.73. The van der Waals surface area contributed by atoms with Crippen molar-refractivity contribution in [2.45, 2.75) is 13.8 Å². The molecule has 0 fully saturated rings. The second-order valence-corrected chi connectivity index (χ2v) is 4.26. The first kappa shape index (κ1) is 13.1. The van der Waals surface area contributed by atoms with Gasteiger partial charge in [-0.25, -0.2) is 4.68 Å². The molecule has 2 nitrogen and oxygen atoms in total. The molecule has 0 saturated carbocycles. The van der Waals surface area contributed by atoms with Crippen molar-refractivity contribution in [3.63, 3.8) is 0 Å². The molecule has 0 saturated heterocycles. The van der Waals surface area contributed by atoms with Crippen LogP contribution in [0.2, 0.25) is 0 Å². The maximum atomic E-state index is 4.57. The van der Waals surface area contributed by atoms with Crippen molar-refractivity contribution in [2.75, 3.05) is 0 Å². The minimum Gasteiger partial charge on any atom is -0.233 e. The van der Waals surface area contributed by atoms with Crippen LogP contribution in [0.25, 0.3) is 17.0 Å². The zero-order chi connectivity index (χ0) is 13.7. The van der Waals surface area contributed by atoms with E-state index in [0.29, 0.717) is 0 Å². The van der Waals surface area contributed by atoms with Gasteiger partial charge in [0.25, 0.3) is 0 Å². The van der Waals surface area contributed by atoms with E-state index in [1.807, 2.05) is 55.0 Å². The Labute approximate surface area is 114 Å². The molecule has 19 heavy (non-hydrogen) atoms. The molecule has 1 aromatic carbocycles. The van der Waals surface area contributed by atoms with Crippen LogP contribution < -0.4 is 0 Å². The summed E-state index contributed by atoms with van der Waals surface area (Å²) in [6, 6.07) is 12.4. The normalized spacial score (nSPS) is 12.0. The smallest absolute Gasteiger partial charge is 0.0743 e. The molecule has 0 aliphatic rings. The summed E-state index contributed by atoms with van der Waals surface area (Å²) in [5.74, 6) is 0. The Morgan fingerprint density at radius 3 is 2.63 bits per heavy atom. The summed E-state index contributed by atoms with van der Waals surface area (Å²) in [5, 5.41) is 4.57. The molecule has 0 aliphatic carbocycles. The topological polar surface area (TPSA) is 17.8 Å². The van der Waals surface area contributed by atoms with Crippen LogP contribution in [0.3, 0.4) is 0 Å². The molecule has 0 aliphatic heterocycles. The lowest BCUT2D eigenvalue weighted by Crippen LogP contribution is -1.99. The summed E-state index contributed by atoms with van der Waals surface area (Å²) in [5.41, 5.74) is 4.30. The molecular weight excluding hydrogens is 232 g/mol. The number of aromatic nitrogens is 2. The Morgan fingerprint density at radius 1 is 1.26 bits per heavy atom. The SMILES string of the molecule is C=C/C=C\C(=C/C)n1nc(C)cc1-c1ccccc1. The van der Waals surface area contributed by atoms with Gasteiger partial charge in [-0.3, -0.25) is 0 Å². The first-order chi connectivity index (χ1) is 9.26. The van der Waals surface area contributed by atoms with Gasteiger partial charge in [-0.05, 0) is 26.0 Å². The molecular formula is C17H18N2. The van der Waals surface area contributed by atoms with Gasteiger partial charge in [-0.2, -0.15) is 5.10 Å². The van der Waals surface area contributed by atoms with Gasteiger partial charge >= 0.3 is 0 Å². The van der Waals surface area contributed by atoms with Gasteiger partial charge in [0.1, 0.15) is 0 Å². The van der Waals surface area contributed by atoms with Crippen LogP contribution in [0, 0.1) is 6.92 Å². The van der Waals surface area contributed by atoms with E-state index >= 15 is 0 Å². The van der Waals surface area contributed by atoms with Crippen molar-refractivity contribution in [1.29, 1.82) is 0 Å². The molecule has 0 spiro atoms. The fourth-order valence-electron chi connectivity index (χ4n) is 1.97. The third kappa shape index (κ3) is 2.91. The second kappa shape index (κ2) is 6.01. The minimum atomic E-state index is 1.00. The third-order valence-corrected chi connectivity index (χ3v) is 2.84. The quantitative estimate of drug-likeness (QED) is 0.732. The van der Waals surface area contributed by atoms with Gasteiger partial charge in [-0.15, -0.1) is 0 Å². The number of hydrogen-bond donors (Lipinski definition) is 0. The number of nitrogens with zero attached hydrogens (tertiary/aromatic N) is 2. The van der Waals surface area contributed by atoms with E-state index in [1.165, 1.54) is 0 Å². The Bertz CT molecular complexity index is 616. The highest BCUT2D eigenvalue weighted by molar-refractivity contribution is 5.68. The third-order valence-electron chi connectivity index (χ3n) is 2.84. The van der Waals surface area contributed by atoms with Crippen molar-refractivity contribution in [1.82, 2.24) is 9.78 Å². The van der Waals surface area contributed by atoms with Crippen LogP contribution in [-0.2, 0) is 0 Å². The van der Waals surface area contributed by atoms with Gasteiger partial charge in [0, 0.05) is 5.56 Å². The first-order valence-electron chi connectivity index (χ1n) is 6.34. The highest BCUT2D eigenvalue weighted by Gasteiger charge is 2.09. The average Bonchev–Trinajstić information content (AvgIpc) is 2.83. The predicted octanol–water partition coefficient (Wildman–Crippen LogP) is 4.46. The van der Waals surface area contributed by atoms with Gasteiger partial charge in [-0.1, -0.05) is 55.1 Å². The van der Waals surface area contributed by atoms with Crippen molar-refractivity contribution in [3.8, 4) is 11.3 Å². The molecule has 0 radical (unpaired) electrons. The van der Waals surface area contributed by atoms with E-state index in [2.05, 4.69) is 29.9 Å². The van der Waals surface area contributed by atoms with E-state index in [9.17, 15) is 0 Å². The first-order valence-corrected chi connectivity index (χ1v) is 6.34. The van der Waals surface area contributed by atoms with Crippen LogP contribution in [0.15, 0.2) is 67.3 Å². The van der Waals surface area contributed by atoms with E-state index in [4.69, 9.17) is 0 Å². The van der Waals surface area contributed by atoms with Gasteiger partial charge in [0.2, 0.25) is 0 Å². The summed E-state index contributed by atoms with van der Waals surface area (Å²) in [4.78, 5) is 0. The van der Waals surface area contributed by atoms with E-state index in [0.717, 1.165) is 22.6 Å². The van der Waals surface area contributed by atoms with Crippen molar-refractivity contribution in [2.24, 2.45) is 0 Å². The number of allylic oxidation sites excluding steroid dienone is 5. The van der Waals surface area contributed by atoms with Crippen LogP contribution in [-0.4, -0.2) is 9.78 Å². The van der Waals surface area contributed by atoms with Crippen LogP contribution >= 0.6 is 0 Å². The number of hydrogen-bond acceptors (Lipinski definition) is 1. The van der Waals surface area contributed by atoms with E-state index in [-0.39, 0.29) is 0 Å². The summed E-state index contributed by atoms with van der Waals surface area (Å²) < 4.78 is 1.96. The molecule has 2 rings (SSSR count). The monoisotopic (exact) mass is 250 g/mol. The molecule has 2 aromatic rings. The number of benzene rings is 1. The molecule has 2 heteroatoms. The average molecular weight is 250 g/mol. The molecule has 0 atom stereocenters. The van der Waals surface area contributed by atoms with Crippen molar-refractivity contribution < 1.29 is 0 Å². The van der Waals surface area contributed by atoms with Gasteiger partial charge in [0.15, 0.2) is 0 Å². The highest BCUT2D eigenvalue weighted by atomic mass is 15.3. The number of rotatable bonds is 4. The lowest BCUT2D eigenvalue weighted by molar-refractivity contribution is 0.894. The largest absolute Gasteiger partial charge is 0.233 e. The molecule has 0 unspecified atom stereocenters. The van der Waals surface area contributed by atoms with Gasteiger partial charge < -0.3 is 0 Å². The maximum absolute atomic E-state index is 4.57. The molecule has 0 N–H and O–H groups in total. The lowest BCUT2D eigenvalue weighted by atomic mass is 10.1.